The molecule has 1 fully saturated rings. The van der Waals surface area contributed by atoms with Crippen molar-refractivity contribution in [3.8, 4) is 0 Å². The van der Waals surface area contributed by atoms with Crippen LogP contribution in [0.2, 0.25) is 0 Å². The molecular formula is C12H16N2O8. The molecule has 22 heavy (non-hydrogen) atoms. The van der Waals surface area contributed by atoms with Crippen LogP contribution in [0.25, 0.3) is 0 Å². The summed E-state index contributed by atoms with van der Waals surface area (Å²) in [5, 5.41) is 37.4. The summed E-state index contributed by atoms with van der Waals surface area (Å²) in [6.07, 6.45) is -4.23. The summed E-state index contributed by atoms with van der Waals surface area (Å²) in [6, 6.07) is 0. The second kappa shape index (κ2) is 6.01. The summed E-state index contributed by atoms with van der Waals surface area (Å²) in [5.41, 5.74) is -1.69. The van der Waals surface area contributed by atoms with Crippen molar-refractivity contribution in [3.05, 3.63) is 32.6 Å². The molecule has 1 aliphatic heterocycles. The number of aliphatic carboxylic acids is 1. The highest BCUT2D eigenvalue weighted by atomic mass is 16.6. The Morgan fingerprint density at radius 1 is 1.32 bits per heavy atom. The van der Waals surface area contributed by atoms with Gasteiger partial charge < -0.3 is 25.2 Å². The average molecular weight is 316 g/mol. The van der Waals surface area contributed by atoms with Gasteiger partial charge in [-0.05, 0) is 6.92 Å². The predicted octanol–water partition coefficient (Wildman–Crippen LogP) is -2.99. The van der Waals surface area contributed by atoms with Crippen molar-refractivity contribution in [2.45, 2.75) is 38.0 Å². The number of carbonyl (C=O) groups is 1. The predicted molar refractivity (Wildman–Crippen MR) is 70.3 cm³/mol. The summed E-state index contributed by atoms with van der Waals surface area (Å²) >= 11 is 0. The van der Waals surface area contributed by atoms with E-state index in [0.717, 1.165) is 10.8 Å². The molecule has 0 aromatic carbocycles. The maximum Gasteiger partial charge on any atom is 0.333 e. The number of hydrogen-bond donors (Lipinski definition) is 4. The third-order valence-corrected chi connectivity index (χ3v) is 3.45. The zero-order chi connectivity index (χ0) is 16.6. The number of hydrogen-bond acceptors (Lipinski definition) is 7. The number of carboxylic acids is 1. The Labute approximate surface area is 123 Å². The van der Waals surface area contributed by atoms with E-state index in [9.17, 15) is 24.6 Å². The molecule has 1 aliphatic rings. The lowest BCUT2D eigenvalue weighted by atomic mass is 10.1. The Morgan fingerprint density at radius 2 is 1.95 bits per heavy atom. The summed E-state index contributed by atoms with van der Waals surface area (Å²) in [5.74, 6) is -1.38. The highest BCUT2D eigenvalue weighted by Gasteiger charge is 2.44. The molecule has 0 bridgehead atoms. The van der Waals surface area contributed by atoms with E-state index in [2.05, 4.69) is 0 Å². The van der Waals surface area contributed by atoms with Crippen LogP contribution >= 0.6 is 0 Å². The minimum atomic E-state index is -1.51. The fraction of sp³-hybridized carbons (Fsp3) is 0.583. The van der Waals surface area contributed by atoms with Crippen molar-refractivity contribution >= 4 is 5.97 Å². The molecule has 0 aliphatic carbocycles. The number of rotatable bonds is 4. The normalized spacial score (nSPS) is 28.0. The molecule has 2 rings (SSSR count). The number of aliphatic hydroxyl groups is 3. The van der Waals surface area contributed by atoms with Gasteiger partial charge in [0.05, 0.1) is 6.61 Å². The van der Waals surface area contributed by atoms with E-state index in [4.69, 9.17) is 14.9 Å². The fourth-order valence-corrected chi connectivity index (χ4v) is 2.33. The number of carboxylic acid groups (broad SMARTS) is 1. The van der Waals surface area contributed by atoms with Crippen LogP contribution in [-0.2, 0) is 16.1 Å². The van der Waals surface area contributed by atoms with Gasteiger partial charge in [-0.3, -0.25) is 14.2 Å². The van der Waals surface area contributed by atoms with E-state index in [1.165, 1.54) is 6.92 Å². The van der Waals surface area contributed by atoms with Crippen molar-refractivity contribution in [1.29, 1.82) is 0 Å². The van der Waals surface area contributed by atoms with E-state index in [1.807, 2.05) is 0 Å². The molecule has 1 saturated heterocycles. The second-order valence-electron chi connectivity index (χ2n) is 5.02. The first-order valence-corrected chi connectivity index (χ1v) is 6.44. The van der Waals surface area contributed by atoms with Crippen LogP contribution < -0.4 is 11.2 Å². The third kappa shape index (κ3) is 2.68. The molecule has 0 saturated carbocycles. The number of aliphatic hydroxyl groups excluding tert-OH is 3. The van der Waals surface area contributed by atoms with Gasteiger partial charge in [-0.1, -0.05) is 0 Å². The van der Waals surface area contributed by atoms with Gasteiger partial charge in [-0.2, -0.15) is 0 Å². The van der Waals surface area contributed by atoms with Crippen LogP contribution in [-0.4, -0.2) is 60.4 Å². The third-order valence-electron chi connectivity index (χ3n) is 3.45. The molecule has 10 nitrogen and oxygen atoms in total. The van der Waals surface area contributed by atoms with Gasteiger partial charge in [-0.25, -0.2) is 9.36 Å². The van der Waals surface area contributed by atoms with Crippen molar-refractivity contribution in [2.24, 2.45) is 0 Å². The molecule has 0 radical (unpaired) electrons. The van der Waals surface area contributed by atoms with Gasteiger partial charge in [0.25, 0.3) is 5.56 Å². The molecule has 1 aromatic heterocycles. The second-order valence-corrected chi connectivity index (χ2v) is 5.02. The highest BCUT2D eigenvalue weighted by Crippen LogP contribution is 2.27. The molecule has 4 unspecified atom stereocenters. The van der Waals surface area contributed by atoms with Crippen molar-refractivity contribution in [2.75, 3.05) is 6.61 Å². The van der Waals surface area contributed by atoms with Gasteiger partial charge >= 0.3 is 11.7 Å². The first kappa shape index (κ1) is 16.4. The Balaban J connectivity index is 2.53. The molecule has 4 N–H and O–H groups in total. The van der Waals surface area contributed by atoms with Gasteiger partial charge in [0.2, 0.25) is 0 Å². The maximum atomic E-state index is 12.2. The smallest absolute Gasteiger partial charge is 0.333 e. The maximum absolute atomic E-state index is 12.2. The lowest BCUT2D eigenvalue weighted by Gasteiger charge is -2.19. The summed E-state index contributed by atoms with van der Waals surface area (Å²) < 4.78 is 6.54. The topological polar surface area (TPSA) is 151 Å². The van der Waals surface area contributed by atoms with Gasteiger partial charge in [-0.15, -0.1) is 0 Å². The van der Waals surface area contributed by atoms with Crippen molar-refractivity contribution in [3.63, 3.8) is 0 Å². The van der Waals surface area contributed by atoms with Crippen LogP contribution in [0.4, 0.5) is 0 Å². The van der Waals surface area contributed by atoms with E-state index >= 15 is 0 Å². The number of nitrogens with zero attached hydrogens (tertiary/aromatic N) is 2. The zero-order valence-corrected chi connectivity index (χ0v) is 11.6. The standard InChI is InChI=1S/C12H16N2O8/c1-5-2-14(11-9(19)8(18)6(4-15)22-11)12(21)13(10(5)20)3-7(16)17/h2,6,8-9,11,15,18-19H,3-4H2,1H3,(H,16,17). The van der Waals surface area contributed by atoms with Crippen molar-refractivity contribution in [1.82, 2.24) is 9.13 Å². The summed E-state index contributed by atoms with van der Waals surface area (Å²) in [7, 11) is 0. The molecule has 0 spiro atoms. The quantitative estimate of drug-likeness (QED) is 0.459. The Bertz CT molecular complexity index is 693. The molecule has 10 heteroatoms. The average Bonchev–Trinajstić information content (AvgIpc) is 2.75. The van der Waals surface area contributed by atoms with Crippen LogP contribution in [0.1, 0.15) is 11.8 Å². The highest BCUT2D eigenvalue weighted by molar-refractivity contribution is 5.66. The monoisotopic (exact) mass is 316 g/mol. The SMILES string of the molecule is Cc1cn(C2OC(CO)C(O)C2O)c(=O)n(CC(=O)O)c1=O. The fourth-order valence-electron chi connectivity index (χ4n) is 2.33. The van der Waals surface area contributed by atoms with E-state index in [1.54, 1.807) is 0 Å². The molecular weight excluding hydrogens is 300 g/mol. The molecule has 1 aromatic rings. The Hall–Kier alpha value is -2.01. The number of aryl methyl sites for hydroxylation is 1. The first-order chi connectivity index (χ1) is 10.3. The largest absolute Gasteiger partial charge is 0.480 e. The minimum absolute atomic E-state index is 0.0681. The van der Waals surface area contributed by atoms with E-state index in [0.29, 0.717) is 4.57 Å². The zero-order valence-electron chi connectivity index (χ0n) is 11.6. The lowest BCUT2D eigenvalue weighted by molar-refractivity contribution is -0.137. The Morgan fingerprint density at radius 3 is 2.45 bits per heavy atom. The van der Waals surface area contributed by atoms with Crippen LogP contribution in [0.5, 0.6) is 0 Å². The molecule has 4 atom stereocenters. The minimum Gasteiger partial charge on any atom is -0.480 e. The molecule has 2 heterocycles. The van der Waals surface area contributed by atoms with E-state index in [-0.39, 0.29) is 5.56 Å². The summed E-state index contributed by atoms with van der Waals surface area (Å²) in [6.45, 7) is -0.0384. The van der Waals surface area contributed by atoms with E-state index < -0.39 is 54.9 Å². The number of ether oxygens (including phenoxy) is 1. The number of aromatic nitrogens is 2. The van der Waals surface area contributed by atoms with Gasteiger partial charge in [0.15, 0.2) is 6.23 Å². The van der Waals surface area contributed by atoms with Crippen LogP contribution in [0.3, 0.4) is 0 Å². The lowest BCUT2D eigenvalue weighted by Crippen LogP contribution is -2.45. The van der Waals surface area contributed by atoms with Gasteiger partial charge in [0, 0.05) is 11.8 Å². The van der Waals surface area contributed by atoms with Crippen LogP contribution in [0.15, 0.2) is 15.8 Å². The van der Waals surface area contributed by atoms with Crippen LogP contribution in [0, 0.1) is 6.92 Å². The first-order valence-electron chi connectivity index (χ1n) is 6.44. The Kier molecular flexibility index (Phi) is 4.47. The summed E-state index contributed by atoms with van der Waals surface area (Å²) in [4.78, 5) is 34.9. The van der Waals surface area contributed by atoms with Crippen molar-refractivity contribution < 1.29 is 30.0 Å². The van der Waals surface area contributed by atoms with Gasteiger partial charge in [0.1, 0.15) is 24.9 Å². The molecule has 122 valence electrons. The molecule has 0 amide bonds.